The molecule has 0 bridgehead atoms. The number of benzene rings is 1. The maximum absolute atomic E-state index is 12.2. The largest absolute Gasteiger partial charge is 0.447 e. The maximum atomic E-state index is 12.2. The first kappa shape index (κ1) is 12.4. The lowest BCUT2D eigenvalue weighted by atomic mass is 10.2. The van der Waals surface area contributed by atoms with Crippen molar-refractivity contribution in [2.24, 2.45) is 0 Å². The quantitative estimate of drug-likeness (QED) is 0.869. The molecule has 18 heavy (non-hydrogen) atoms. The Morgan fingerprint density at radius 3 is 2.72 bits per heavy atom. The molecule has 1 N–H and O–H groups in total. The Morgan fingerprint density at radius 1 is 1.44 bits per heavy atom. The number of nitrogens with zero attached hydrogens (tertiary/aromatic N) is 1. The zero-order valence-corrected chi connectivity index (χ0v) is 10.3. The number of carbonyl (C=O) groups is 2. The number of hydrogen-bond donors (Lipinski definition) is 1. The van der Waals surface area contributed by atoms with Crippen molar-refractivity contribution in [2.45, 2.75) is 19.5 Å². The van der Waals surface area contributed by atoms with Gasteiger partial charge in [-0.1, -0.05) is 30.3 Å². The molecule has 0 aliphatic carbocycles. The number of nitrogens with one attached hydrogen (secondary N) is 1. The van der Waals surface area contributed by atoms with Crippen LogP contribution in [0, 0.1) is 0 Å². The lowest BCUT2D eigenvalue weighted by Crippen LogP contribution is -2.45. The Kier molecular flexibility index (Phi) is 3.82. The summed E-state index contributed by atoms with van der Waals surface area (Å²) in [5, 5.41) is 2.50. The van der Waals surface area contributed by atoms with Gasteiger partial charge in [-0.15, -0.1) is 0 Å². The van der Waals surface area contributed by atoms with Crippen LogP contribution in [0.1, 0.15) is 12.5 Å². The smallest absolute Gasteiger partial charge is 0.407 e. The third-order valence-corrected chi connectivity index (χ3v) is 2.88. The molecule has 1 heterocycles. The van der Waals surface area contributed by atoms with Crippen LogP contribution in [0.3, 0.4) is 0 Å². The van der Waals surface area contributed by atoms with Crippen LogP contribution in [0.2, 0.25) is 0 Å². The van der Waals surface area contributed by atoms with Gasteiger partial charge in [0.25, 0.3) is 0 Å². The van der Waals surface area contributed by atoms with Crippen LogP contribution < -0.4 is 5.32 Å². The van der Waals surface area contributed by atoms with Gasteiger partial charge < -0.3 is 15.0 Å². The van der Waals surface area contributed by atoms with Gasteiger partial charge in [-0.25, -0.2) is 4.79 Å². The van der Waals surface area contributed by atoms with Crippen molar-refractivity contribution in [3.63, 3.8) is 0 Å². The third-order valence-electron chi connectivity index (χ3n) is 2.88. The van der Waals surface area contributed by atoms with Crippen LogP contribution in [0.25, 0.3) is 0 Å². The first-order valence-electron chi connectivity index (χ1n) is 5.96. The molecule has 0 spiro atoms. The molecule has 0 aromatic heterocycles. The average molecular weight is 248 g/mol. The second kappa shape index (κ2) is 5.53. The third kappa shape index (κ3) is 2.80. The molecule has 2 amide bonds. The summed E-state index contributed by atoms with van der Waals surface area (Å²) in [4.78, 5) is 24.8. The number of alkyl carbamates (subject to hydrolysis) is 1. The number of likely N-dealkylation sites (N-methyl/N-ethyl adjacent to an activating group) is 1. The van der Waals surface area contributed by atoms with E-state index < -0.39 is 12.1 Å². The van der Waals surface area contributed by atoms with E-state index in [1.165, 1.54) is 0 Å². The van der Waals surface area contributed by atoms with Crippen molar-refractivity contribution >= 4 is 12.0 Å². The Bertz CT molecular complexity index is 433. The van der Waals surface area contributed by atoms with Crippen LogP contribution in [-0.4, -0.2) is 36.1 Å². The summed E-state index contributed by atoms with van der Waals surface area (Å²) < 4.78 is 4.73. The minimum atomic E-state index is -0.554. The van der Waals surface area contributed by atoms with Crippen LogP contribution in [0.5, 0.6) is 0 Å². The van der Waals surface area contributed by atoms with E-state index in [1.54, 1.807) is 4.90 Å². The molecule has 1 aliphatic rings. The topological polar surface area (TPSA) is 58.6 Å². The average Bonchev–Trinajstić information content (AvgIpc) is 2.83. The summed E-state index contributed by atoms with van der Waals surface area (Å²) in [5.74, 6) is -0.104. The molecule has 1 fully saturated rings. The molecule has 1 unspecified atom stereocenters. The summed E-state index contributed by atoms with van der Waals surface area (Å²) in [6, 6.07) is 9.20. The highest BCUT2D eigenvalue weighted by Crippen LogP contribution is 2.08. The highest BCUT2D eigenvalue weighted by atomic mass is 16.6. The first-order valence-corrected chi connectivity index (χ1v) is 5.96. The van der Waals surface area contributed by atoms with Crippen molar-refractivity contribution in [1.82, 2.24) is 10.2 Å². The number of cyclic esters (lactones) is 1. The van der Waals surface area contributed by atoms with Gasteiger partial charge in [-0.2, -0.15) is 0 Å². The maximum Gasteiger partial charge on any atom is 0.407 e. The Morgan fingerprint density at radius 2 is 2.17 bits per heavy atom. The van der Waals surface area contributed by atoms with E-state index in [9.17, 15) is 9.59 Å². The van der Waals surface area contributed by atoms with Gasteiger partial charge in [0.15, 0.2) is 0 Å². The van der Waals surface area contributed by atoms with Crippen LogP contribution in [0.15, 0.2) is 30.3 Å². The van der Waals surface area contributed by atoms with Gasteiger partial charge in [0.1, 0.15) is 12.6 Å². The predicted molar refractivity (Wildman–Crippen MR) is 65.8 cm³/mol. The van der Waals surface area contributed by atoms with Gasteiger partial charge in [0.05, 0.1) is 0 Å². The number of carbonyl (C=O) groups excluding carboxylic acids is 2. The fraction of sp³-hybridized carbons (Fsp3) is 0.385. The molecular weight excluding hydrogens is 232 g/mol. The van der Waals surface area contributed by atoms with Gasteiger partial charge in [0.2, 0.25) is 5.91 Å². The fourth-order valence-corrected chi connectivity index (χ4v) is 1.89. The molecule has 0 radical (unpaired) electrons. The second-order valence-corrected chi connectivity index (χ2v) is 4.13. The minimum absolute atomic E-state index is 0.104. The highest BCUT2D eigenvalue weighted by molar-refractivity contribution is 5.87. The lowest BCUT2D eigenvalue weighted by Gasteiger charge is -2.23. The summed E-state index contributed by atoms with van der Waals surface area (Å²) in [6.45, 7) is 3.17. The van der Waals surface area contributed by atoms with Gasteiger partial charge in [-0.3, -0.25) is 4.79 Å². The van der Waals surface area contributed by atoms with Gasteiger partial charge in [-0.05, 0) is 12.5 Å². The molecule has 96 valence electrons. The molecule has 1 aliphatic heterocycles. The van der Waals surface area contributed by atoms with E-state index in [1.807, 2.05) is 37.3 Å². The molecule has 0 saturated carbocycles. The molecule has 5 heteroatoms. The van der Waals surface area contributed by atoms with E-state index in [0.717, 1.165) is 5.56 Å². The van der Waals surface area contributed by atoms with Gasteiger partial charge in [0, 0.05) is 13.1 Å². The number of rotatable bonds is 4. The van der Waals surface area contributed by atoms with E-state index >= 15 is 0 Å². The molecule has 1 atom stereocenters. The van der Waals surface area contributed by atoms with Crippen molar-refractivity contribution in [3.05, 3.63) is 35.9 Å². The van der Waals surface area contributed by atoms with E-state index in [-0.39, 0.29) is 12.5 Å². The van der Waals surface area contributed by atoms with Crippen molar-refractivity contribution in [1.29, 1.82) is 0 Å². The molecule has 1 aromatic carbocycles. The summed E-state index contributed by atoms with van der Waals surface area (Å²) in [5.41, 5.74) is 1.07. The van der Waals surface area contributed by atoms with Crippen molar-refractivity contribution in [3.8, 4) is 0 Å². The number of hydrogen-bond acceptors (Lipinski definition) is 3. The summed E-state index contributed by atoms with van der Waals surface area (Å²) >= 11 is 0. The first-order chi connectivity index (χ1) is 8.70. The standard InChI is InChI=1S/C13H16N2O3/c1-2-15(8-10-6-4-3-5-7-10)12(16)11-9-18-13(17)14-11/h3-7,11H,2,8-9H2,1H3,(H,14,17). The second-order valence-electron chi connectivity index (χ2n) is 4.13. The SMILES string of the molecule is CCN(Cc1ccccc1)C(=O)C1COC(=O)N1. The van der Waals surface area contributed by atoms with Gasteiger partial charge >= 0.3 is 6.09 Å². The van der Waals surface area contributed by atoms with Crippen molar-refractivity contribution < 1.29 is 14.3 Å². The van der Waals surface area contributed by atoms with E-state index in [2.05, 4.69) is 5.32 Å². The summed E-state index contributed by atoms with van der Waals surface area (Å²) in [7, 11) is 0. The molecule has 1 saturated heterocycles. The Labute approximate surface area is 106 Å². The fourth-order valence-electron chi connectivity index (χ4n) is 1.89. The van der Waals surface area contributed by atoms with Crippen LogP contribution >= 0.6 is 0 Å². The molecular formula is C13H16N2O3. The minimum Gasteiger partial charge on any atom is -0.447 e. The zero-order chi connectivity index (χ0) is 13.0. The van der Waals surface area contributed by atoms with E-state index in [0.29, 0.717) is 13.1 Å². The zero-order valence-electron chi connectivity index (χ0n) is 10.3. The number of ether oxygens (including phenoxy) is 1. The highest BCUT2D eigenvalue weighted by Gasteiger charge is 2.31. The number of amides is 2. The van der Waals surface area contributed by atoms with Crippen molar-refractivity contribution in [2.75, 3.05) is 13.2 Å². The normalized spacial score (nSPS) is 18.1. The Hall–Kier alpha value is -2.04. The predicted octanol–water partition coefficient (Wildman–Crippen LogP) is 1.14. The van der Waals surface area contributed by atoms with Crippen LogP contribution in [-0.2, 0) is 16.1 Å². The molecule has 5 nitrogen and oxygen atoms in total. The summed E-state index contributed by atoms with van der Waals surface area (Å²) in [6.07, 6.45) is -0.524. The van der Waals surface area contributed by atoms with E-state index in [4.69, 9.17) is 4.74 Å². The lowest BCUT2D eigenvalue weighted by molar-refractivity contribution is -0.133. The molecule has 2 rings (SSSR count). The Balaban J connectivity index is 2.00. The molecule has 1 aromatic rings. The van der Waals surface area contributed by atoms with Crippen LogP contribution in [0.4, 0.5) is 4.79 Å². The monoisotopic (exact) mass is 248 g/mol.